The lowest BCUT2D eigenvalue weighted by molar-refractivity contribution is 0.698. The third-order valence-corrected chi connectivity index (χ3v) is 3.22. The van der Waals surface area contributed by atoms with Crippen LogP contribution in [0, 0.1) is 0 Å². The summed E-state index contributed by atoms with van der Waals surface area (Å²) in [7, 11) is 0. The molecule has 0 spiro atoms. The first kappa shape index (κ1) is 9.79. The summed E-state index contributed by atoms with van der Waals surface area (Å²) < 4.78 is 0. The van der Waals surface area contributed by atoms with Crippen molar-refractivity contribution in [2.45, 2.75) is 31.1 Å². The molecule has 2 aliphatic rings. The van der Waals surface area contributed by atoms with Gasteiger partial charge in [0.05, 0.1) is 4.87 Å². The van der Waals surface area contributed by atoms with Crippen molar-refractivity contribution >= 4 is 11.6 Å². The van der Waals surface area contributed by atoms with Gasteiger partial charge in [-0.15, -0.1) is 11.6 Å². The maximum Gasteiger partial charge on any atom is 0.0670 e. The second-order valence-corrected chi connectivity index (χ2v) is 4.99. The third-order valence-electron chi connectivity index (χ3n) is 2.85. The van der Waals surface area contributed by atoms with E-state index in [0.29, 0.717) is 0 Å². The van der Waals surface area contributed by atoms with Gasteiger partial charge in [0.2, 0.25) is 0 Å². The summed E-state index contributed by atoms with van der Waals surface area (Å²) in [6.07, 6.45) is 15.9. The number of allylic oxidation sites excluding steroid dienone is 8. The molecule has 0 nitrogen and oxygen atoms in total. The fraction of sp³-hybridized carbons (Fsp3) is 0.385. The highest BCUT2D eigenvalue weighted by molar-refractivity contribution is 6.25. The number of rotatable bonds is 3. The zero-order valence-electron chi connectivity index (χ0n) is 8.46. The molecule has 74 valence electrons. The summed E-state index contributed by atoms with van der Waals surface area (Å²) in [6.45, 7) is 2.12. The molecule has 0 radical (unpaired) electrons. The molecule has 0 fully saturated rings. The van der Waals surface area contributed by atoms with E-state index >= 15 is 0 Å². The average molecular weight is 207 g/mol. The number of hydrogen-bond acceptors (Lipinski definition) is 0. The highest BCUT2D eigenvalue weighted by atomic mass is 35.5. The first-order valence-corrected chi connectivity index (χ1v) is 5.46. The molecule has 0 amide bonds. The lowest BCUT2D eigenvalue weighted by atomic mass is 9.91. The Bertz CT molecular complexity index is 340. The SMILES string of the molecule is CC(Cl)(CC1=CC=CC1)C1=CC=CC1. The molecule has 1 unspecified atom stereocenters. The van der Waals surface area contributed by atoms with Gasteiger partial charge >= 0.3 is 0 Å². The third kappa shape index (κ3) is 2.01. The Labute approximate surface area is 90.7 Å². The van der Waals surface area contributed by atoms with Crippen LogP contribution in [0.2, 0.25) is 0 Å². The van der Waals surface area contributed by atoms with Crippen molar-refractivity contribution in [3.63, 3.8) is 0 Å². The minimum atomic E-state index is -0.193. The van der Waals surface area contributed by atoms with E-state index in [1.165, 1.54) is 11.1 Å². The van der Waals surface area contributed by atoms with E-state index in [2.05, 4.69) is 43.4 Å². The summed E-state index contributed by atoms with van der Waals surface area (Å²) in [5.74, 6) is 0. The van der Waals surface area contributed by atoms with E-state index < -0.39 is 0 Å². The summed E-state index contributed by atoms with van der Waals surface area (Å²) in [6, 6.07) is 0. The van der Waals surface area contributed by atoms with Crippen LogP contribution in [-0.4, -0.2) is 4.87 Å². The molecule has 0 aromatic carbocycles. The van der Waals surface area contributed by atoms with Gasteiger partial charge in [-0.3, -0.25) is 0 Å². The molecule has 0 saturated carbocycles. The van der Waals surface area contributed by atoms with Crippen LogP contribution in [-0.2, 0) is 0 Å². The van der Waals surface area contributed by atoms with Crippen molar-refractivity contribution in [1.29, 1.82) is 0 Å². The molecule has 0 N–H and O–H groups in total. The Morgan fingerprint density at radius 2 is 1.93 bits per heavy atom. The first-order chi connectivity index (χ1) is 6.68. The molecular weight excluding hydrogens is 192 g/mol. The van der Waals surface area contributed by atoms with Crippen LogP contribution in [0.5, 0.6) is 0 Å². The Morgan fingerprint density at radius 1 is 1.21 bits per heavy atom. The first-order valence-electron chi connectivity index (χ1n) is 5.08. The molecule has 0 aliphatic heterocycles. The van der Waals surface area contributed by atoms with Gasteiger partial charge in [-0.05, 0) is 31.8 Å². The van der Waals surface area contributed by atoms with E-state index in [1.807, 2.05) is 0 Å². The largest absolute Gasteiger partial charge is 0.114 e. The maximum absolute atomic E-state index is 6.55. The summed E-state index contributed by atoms with van der Waals surface area (Å²) in [4.78, 5) is -0.193. The molecular formula is C13H15Cl. The van der Waals surface area contributed by atoms with Gasteiger partial charge in [0.25, 0.3) is 0 Å². The fourth-order valence-corrected chi connectivity index (χ4v) is 2.31. The Hall–Kier alpha value is -0.750. The van der Waals surface area contributed by atoms with Crippen LogP contribution in [0.1, 0.15) is 26.2 Å². The van der Waals surface area contributed by atoms with E-state index in [9.17, 15) is 0 Å². The molecule has 2 aliphatic carbocycles. The molecule has 0 aromatic rings. The number of hydrogen-bond donors (Lipinski definition) is 0. The zero-order chi connectivity index (χ0) is 10.0. The van der Waals surface area contributed by atoms with Crippen LogP contribution < -0.4 is 0 Å². The Kier molecular flexibility index (Phi) is 2.64. The van der Waals surface area contributed by atoms with E-state index in [-0.39, 0.29) is 4.87 Å². The minimum Gasteiger partial charge on any atom is -0.114 e. The van der Waals surface area contributed by atoms with Crippen LogP contribution in [0.4, 0.5) is 0 Å². The average Bonchev–Trinajstić information content (AvgIpc) is 2.71. The van der Waals surface area contributed by atoms with Crippen molar-refractivity contribution in [2.24, 2.45) is 0 Å². The predicted octanol–water partition coefficient (Wildman–Crippen LogP) is 4.15. The smallest absolute Gasteiger partial charge is 0.0670 e. The molecule has 14 heavy (non-hydrogen) atoms. The fourth-order valence-electron chi connectivity index (χ4n) is 2.00. The molecule has 0 bridgehead atoms. The molecule has 1 atom stereocenters. The quantitative estimate of drug-likeness (QED) is 0.609. The summed E-state index contributed by atoms with van der Waals surface area (Å²) >= 11 is 6.55. The van der Waals surface area contributed by atoms with Crippen molar-refractivity contribution in [2.75, 3.05) is 0 Å². The van der Waals surface area contributed by atoms with Crippen LogP contribution in [0.3, 0.4) is 0 Å². The van der Waals surface area contributed by atoms with E-state index in [4.69, 9.17) is 11.6 Å². The molecule has 0 aromatic heterocycles. The standard InChI is InChI=1S/C13H15Cl/c1-13(14,12-8-4-5-9-12)10-11-6-2-3-7-11/h2-6,8H,7,9-10H2,1H3. The van der Waals surface area contributed by atoms with Gasteiger partial charge in [0.1, 0.15) is 0 Å². The van der Waals surface area contributed by atoms with Crippen molar-refractivity contribution < 1.29 is 0 Å². The second kappa shape index (κ2) is 3.78. The van der Waals surface area contributed by atoms with Gasteiger partial charge in [0.15, 0.2) is 0 Å². The molecule has 0 saturated heterocycles. The Balaban J connectivity index is 2.02. The van der Waals surface area contributed by atoms with Crippen LogP contribution in [0.15, 0.2) is 47.6 Å². The summed E-state index contributed by atoms with van der Waals surface area (Å²) in [5, 5.41) is 0. The lowest BCUT2D eigenvalue weighted by Crippen LogP contribution is -2.19. The summed E-state index contributed by atoms with van der Waals surface area (Å²) in [5.41, 5.74) is 2.78. The van der Waals surface area contributed by atoms with E-state index in [0.717, 1.165) is 19.3 Å². The zero-order valence-corrected chi connectivity index (χ0v) is 9.22. The van der Waals surface area contributed by atoms with Crippen LogP contribution in [0.25, 0.3) is 0 Å². The predicted molar refractivity (Wildman–Crippen MR) is 62.6 cm³/mol. The van der Waals surface area contributed by atoms with Gasteiger partial charge in [-0.2, -0.15) is 0 Å². The van der Waals surface area contributed by atoms with Gasteiger partial charge in [-0.25, -0.2) is 0 Å². The minimum absolute atomic E-state index is 0.193. The normalized spacial score (nSPS) is 23.6. The van der Waals surface area contributed by atoms with Gasteiger partial charge < -0.3 is 0 Å². The van der Waals surface area contributed by atoms with Crippen molar-refractivity contribution in [1.82, 2.24) is 0 Å². The van der Waals surface area contributed by atoms with Gasteiger partial charge in [-0.1, -0.05) is 42.0 Å². The second-order valence-electron chi connectivity index (χ2n) is 4.16. The Morgan fingerprint density at radius 3 is 2.50 bits per heavy atom. The highest BCUT2D eigenvalue weighted by Crippen LogP contribution is 2.37. The number of alkyl halides is 1. The molecule has 2 rings (SSSR count). The van der Waals surface area contributed by atoms with Gasteiger partial charge in [0, 0.05) is 0 Å². The molecule has 0 heterocycles. The molecule has 1 heteroatoms. The van der Waals surface area contributed by atoms with Crippen LogP contribution >= 0.6 is 11.6 Å². The van der Waals surface area contributed by atoms with E-state index in [1.54, 1.807) is 0 Å². The maximum atomic E-state index is 6.55. The van der Waals surface area contributed by atoms with Crippen molar-refractivity contribution in [3.8, 4) is 0 Å². The topological polar surface area (TPSA) is 0 Å². The monoisotopic (exact) mass is 206 g/mol. The van der Waals surface area contributed by atoms with Crippen molar-refractivity contribution in [3.05, 3.63) is 47.6 Å². The highest BCUT2D eigenvalue weighted by Gasteiger charge is 2.27. The number of halogens is 1. The lowest BCUT2D eigenvalue weighted by Gasteiger charge is -2.24.